The van der Waals surface area contributed by atoms with Crippen molar-refractivity contribution in [1.29, 1.82) is 0 Å². The molecule has 108 valence electrons. The molecular formula is C18H18O3. The summed E-state index contributed by atoms with van der Waals surface area (Å²) in [5, 5.41) is 0. The first-order chi connectivity index (χ1) is 9.91. The van der Waals surface area contributed by atoms with Crippen molar-refractivity contribution in [2.75, 3.05) is 0 Å². The molecule has 0 N–H and O–H groups in total. The summed E-state index contributed by atoms with van der Waals surface area (Å²) in [7, 11) is 0. The number of esters is 1. The summed E-state index contributed by atoms with van der Waals surface area (Å²) in [6.45, 7) is 7.23. The Kier molecular flexibility index (Phi) is 4.22. The predicted octanol–water partition coefficient (Wildman–Crippen LogP) is 4.03. The van der Waals surface area contributed by atoms with Gasteiger partial charge in [0.05, 0.1) is 11.1 Å². The normalized spacial score (nSPS) is 10.3. The van der Waals surface area contributed by atoms with Gasteiger partial charge in [-0.2, -0.15) is 0 Å². The molecule has 0 aliphatic rings. The highest BCUT2D eigenvalue weighted by Crippen LogP contribution is 2.30. The zero-order chi connectivity index (χ0) is 15.6. The Labute approximate surface area is 124 Å². The second-order valence-electron chi connectivity index (χ2n) is 5.13. The van der Waals surface area contributed by atoms with Crippen LogP contribution in [0.15, 0.2) is 36.4 Å². The average Bonchev–Trinajstić information content (AvgIpc) is 2.48. The summed E-state index contributed by atoms with van der Waals surface area (Å²) in [6.07, 6.45) is 0. The van der Waals surface area contributed by atoms with Gasteiger partial charge in [0.15, 0.2) is 5.78 Å². The van der Waals surface area contributed by atoms with Crippen LogP contribution in [0.25, 0.3) is 0 Å². The number of Topliss-reactive ketones (excluding diaryl/α,β-unsaturated/α-hetero) is 1. The van der Waals surface area contributed by atoms with Crippen molar-refractivity contribution < 1.29 is 14.3 Å². The van der Waals surface area contributed by atoms with Gasteiger partial charge in [-0.15, -0.1) is 0 Å². The molecule has 0 aromatic heterocycles. The van der Waals surface area contributed by atoms with E-state index in [4.69, 9.17) is 4.74 Å². The highest BCUT2D eigenvalue weighted by Gasteiger charge is 2.19. The first kappa shape index (κ1) is 15.0. The maximum absolute atomic E-state index is 12.2. The molecule has 0 aliphatic heterocycles. The number of ether oxygens (including phenoxy) is 1. The number of aryl methyl sites for hydroxylation is 1. The molecular weight excluding hydrogens is 264 g/mol. The van der Waals surface area contributed by atoms with Crippen LogP contribution in [-0.2, 0) is 0 Å². The average molecular weight is 282 g/mol. The molecule has 0 spiro atoms. The zero-order valence-electron chi connectivity index (χ0n) is 12.7. The summed E-state index contributed by atoms with van der Waals surface area (Å²) < 4.78 is 5.50. The van der Waals surface area contributed by atoms with E-state index in [1.807, 2.05) is 26.8 Å². The van der Waals surface area contributed by atoms with Crippen molar-refractivity contribution in [2.24, 2.45) is 0 Å². The van der Waals surface area contributed by atoms with E-state index < -0.39 is 5.97 Å². The van der Waals surface area contributed by atoms with E-state index in [0.717, 1.165) is 16.7 Å². The SMILES string of the molecule is CC(=O)c1cc(C)c(C)c(C)c1OC(=O)c1ccccc1. The minimum absolute atomic E-state index is 0.114. The van der Waals surface area contributed by atoms with Crippen LogP contribution in [0, 0.1) is 20.8 Å². The third-order valence-corrected chi connectivity index (χ3v) is 3.68. The zero-order valence-corrected chi connectivity index (χ0v) is 12.7. The molecule has 0 saturated heterocycles. The van der Waals surface area contributed by atoms with Crippen LogP contribution in [0.2, 0.25) is 0 Å². The standard InChI is InChI=1S/C18H18O3/c1-11-10-16(14(4)19)17(13(3)12(11)2)21-18(20)15-8-6-5-7-9-15/h5-10H,1-4H3. The number of benzene rings is 2. The minimum atomic E-state index is -0.454. The van der Waals surface area contributed by atoms with Crippen LogP contribution in [0.4, 0.5) is 0 Å². The fourth-order valence-electron chi connectivity index (χ4n) is 2.18. The van der Waals surface area contributed by atoms with Crippen LogP contribution in [0.1, 0.15) is 44.3 Å². The van der Waals surface area contributed by atoms with E-state index in [0.29, 0.717) is 16.9 Å². The second-order valence-corrected chi connectivity index (χ2v) is 5.13. The summed E-state index contributed by atoms with van der Waals surface area (Å²) in [4.78, 5) is 24.0. The fraction of sp³-hybridized carbons (Fsp3) is 0.222. The van der Waals surface area contributed by atoms with Crippen LogP contribution in [0.3, 0.4) is 0 Å². The van der Waals surface area contributed by atoms with Gasteiger partial charge in [0.25, 0.3) is 0 Å². The van der Waals surface area contributed by atoms with Gasteiger partial charge in [0.1, 0.15) is 5.75 Å². The van der Waals surface area contributed by atoms with Crippen LogP contribution in [0.5, 0.6) is 5.75 Å². The third-order valence-electron chi connectivity index (χ3n) is 3.68. The largest absolute Gasteiger partial charge is 0.422 e. The molecule has 3 nitrogen and oxygen atoms in total. The first-order valence-electron chi connectivity index (χ1n) is 6.80. The van der Waals surface area contributed by atoms with Crippen LogP contribution in [-0.4, -0.2) is 11.8 Å². The molecule has 0 atom stereocenters. The molecule has 0 unspecified atom stereocenters. The van der Waals surface area contributed by atoms with Crippen molar-refractivity contribution in [1.82, 2.24) is 0 Å². The maximum Gasteiger partial charge on any atom is 0.343 e. The van der Waals surface area contributed by atoms with Crippen LogP contribution < -0.4 is 4.74 Å². The molecule has 2 aromatic carbocycles. The lowest BCUT2D eigenvalue weighted by Gasteiger charge is -2.15. The summed E-state index contributed by atoms with van der Waals surface area (Å²) in [5.41, 5.74) is 3.77. The van der Waals surface area contributed by atoms with Gasteiger partial charge in [0, 0.05) is 0 Å². The molecule has 2 rings (SSSR count). The van der Waals surface area contributed by atoms with Gasteiger partial charge in [-0.25, -0.2) is 4.79 Å². The molecule has 0 saturated carbocycles. The highest BCUT2D eigenvalue weighted by molar-refractivity contribution is 6.00. The fourth-order valence-corrected chi connectivity index (χ4v) is 2.18. The first-order valence-corrected chi connectivity index (χ1v) is 6.80. The van der Waals surface area contributed by atoms with E-state index in [2.05, 4.69) is 0 Å². The lowest BCUT2D eigenvalue weighted by Crippen LogP contribution is -2.13. The summed E-state index contributed by atoms with van der Waals surface area (Å²) >= 11 is 0. The molecule has 0 fully saturated rings. The Balaban J connectivity index is 2.46. The van der Waals surface area contributed by atoms with E-state index in [9.17, 15) is 9.59 Å². The summed E-state index contributed by atoms with van der Waals surface area (Å²) in [5.74, 6) is -0.207. The molecule has 3 heteroatoms. The minimum Gasteiger partial charge on any atom is -0.422 e. The Morgan fingerprint density at radius 2 is 1.57 bits per heavy atom. The van der Waals surface area contributed by atoms with Gasteiger partial charge in [-0.3, -0.25) is 4.79 Å². The molecule has 0 bridgehead atoms. The number of ketones is 1. The van der Waals surface area contributed by atoms with Crippen molar-refractivity contribution in [3.63, 3.8) is 0 Å². The van der Waals surface area contributed by atoms with E-state index in [1.54, 1.807) is 30.3 Å². The Hall–Kier alpha value is -2.42. The van der Waals surface area contributed by atoms with Gasteiger partial charge >= 0.3 is 5.97 Å². The molecule has 0 aliphatic carbocycles. The van der Waals surface area contributed by atoms with Crippen molar-refractivity contribution in [3.8, 4) is 5.75 Å². The topological polar surface area (TPSA) is 43.4 Å². The number of hydrogen-bond acceptors (Lipinski definition) is 3. The molecule has 2 aromatic rings. The Morgan fingerprint density at radius 3 is 2.14 bits per heavy atom. The van der Waals surface area contributed by atoms with Crippen LogP contribution >= 0.6 is 0 Å². The number of hydrogen-bond donors (Lipinski definition) is 0. The second kappa shape index (κ2) is 5.92. The van der Waals surface area contributed by atoms with Gasteiger partial charge in [-0.05, 0) is 62.6 Å². The molecule has 0 radical (unpaired) electrons. The smallest absolute Gasteiger partial charge is 0.343 e. The maximum atomic E-state index is 12.2. The van der Waals surface area contributed by atoms with Crippen molar-refractivity contribution in [2.45, 2.75) is 27.7 Å². The van der Waals surface area contributed by atoms with Gasteiger partial charge in [0.2, 0.25) is 0 Å². The van der Waals surface area contributed by atoms with E-state index >= 15 is 0 Å². The highest BCUT2D eigenvalue weighted by atomic mass is 16.5. The third kappa shape index (κ3) is 3.02. The molecule has 0 amide bonds. The quantitative estimate of drug-likeness (QED) is 0.485. The lowest BCUT2D eigenvalue weighted by molar-refractivity contribution is 0.0731. The van der Waals surface area contributed by atoms with Gasteiger partial charge in [-0.1, -0.05) is 18.2 Å². The van der Waals surface area contributed by atoms with Gasteiger partial charge < -0.3 is 4.74 Å². The molecule has 0 heterocycles. The predicted molar refractivity (Wildman–Crippen MR) is 82.1 cm³/mol. The van der Waals surface area contributed by atoms with Crippen molar-refractivity contribution in [3.05, 3.63) is 64.2 Å². The Morgan fingerprint density at radius 1 is 0.952 bits per heavy atom. The Bertz CT molecular complexity index is 700. The summed E-state index contributed by atoms with van der Waals surface area (Å²) in [6, 6.07) is 10.5. The van der Waals surface area contributed by atoms with E-state index in [-0.39, 0.29) is 5.78 Å². The monoisotopic (exact) mass is 282 g/mol. The molecule has 21 heavy (non-hydrogen) atoms. The number of carbonyl (C=O) groups excluding carboxylic acids is 2. The number of carbonyl (C=O) groups is 2. The van der Waals surface area contributed by atoms with E-state index in [1.165, 1.54) is 6.92 Å². The number of rotatable bonds is 3. The van der Waals surface area contributed by atoms with Crippen molar-refractivity contribution >= 4 is 11.8 Å². The lowest BCUT2D eigenvalue weighted by atomic mass is 9.97.